The molecule has 1 heterocycles. The van der Waals surface area contributed by atoms with Crippen molar-refractivity contribution in [3.8, 4) is 11.5 Å². The lowest BCUT2D eigenvalue weighted by molar-refractivity contribution is -0.139. The summed E-state index contributed by atoms with van der Waals surface area (Å²) in [5.41, 5.74) is 5.19. The molecule has 36 heavy (non-hydrogen) atoms. The van der Waals surface area contributed by atoms with Crippen molar-refractivity contribution in [1.82, 2.24) is 4.98 Å². The topological polar surface area (TPSA) is 122 Å². The van der Waals surface area contributed by atoms with Crippen LogP contribution in [0, 0.1) is 0 Å². The molecule has 0 aliphatic rings. The minimum absolute atomic E-state index is 0.0123. The summed E-state index contributed by atoms with van der Waals surface area (Å²) < 4.78 is 70.6. The smallest absolute Gasteiger partial charge is 0.416 e. The first-order valence-corrected chi connectivity index (χ1v) is 12.2. The van der Waals surface area contributed by atoms with E-state index in [1.54, 1.807) is 0 Å². The van der Waals surface area contributed by atoms with Crippen LogP contribution in [0.2, 0.25) is 10.0 Å². The Morgan fingerprint density at radius 1 is 1.03 bits per heavy atom. The molecule has 0 saturated carbocycles. The molecule has 4 aromatic rings. The van der Waals surface area contributed by atoms with Gasteiger partial charge in [0.2, 0.25) is 9.84 Å². The molecule has 0 amide bonds. The second-order valence-electron chi connectivity index (χ2n) is 7.62. The number of carbonyl (C=O) groups is 1. The van der Waals surface area contributed by atoms with Gasteiger partial charge in [-0.2, -0.15) is 13.2 Å². The Labute approximate surface area is 212 Å². The van der Waals surface area contributed by atoms with Crippen molar-refractivity contribution in [3.63, 3.8) is 0 Å². The van der Waals surface area contributed by atoms with Crippen LogP contribution in [0.1, 0.15) is 17.2 Å². The third-order valence-electron chi connectivity index (χ3n) is 5.26. The molecule has 4 rings (SSSR count). The molecule has 0 fully saturated rings. The van der Waals surface area contributed by atoms with Crippen LogP contribution in [0.15, 0.2) is 70.6 Å². The van der Waals surface area contributed by atoms with Crippen LogP contribution in [-0.4, -0.2) is 24.5 Å². The van der Waals surface area contributed by atoms with E-state index in [0.717, 1.165) is 12.1 Å². The number of hydrogen-bond acceptors (Lipinski definition) is 5. The van der Waals surface area contributed by atoms with Gasteiger partial charge in [-0.25, -0.2) is 8.42 Å². The summed E-state index contributed by atoms with van der Waals surface area (Å²) >= 11 is 12.4. The maximum absolute atomic E-state index is 13.2. The molecule has 0 radical (unpaired) electrons. The first-order valence-electron chi connectivity index (χ1n) is 9.97. The third kappa shape index (κ3) is 4.87. The van der Waals surface area contributed by atoms with Gasteiger partial charge in [-0.3, -0.25) is 4.79 Å². The van der Waals surface area contributed by atoms with E-state index in [1.165, 1.54) is 36.5 Å². The second kappa shape index (κ2) is 9.32. The van der Waals surface area contributed by atoms with Crippen molar-refractivity contribution < 1.29 is 36.2 Å². The number of nitrogens with two attached hydrogens (primary N) is 1. The van der Waals surface area contributed by atoms with Crippen molar-refractivity contribution >= 4 is 49.9 Å². The molecular weight excluding hydrogens is 544 g/mol. The van der Waals surface area contributed by atoms with Crippen LogP contribution in [0.3, 0.4) is 0 Å². The molecule has 0 aliphatic heterocycles. The Morgan fingerprint density at radius 2 is 1.64 bits per heavy atom. The van der Waals surface area contributed by atoms with E-state index < -0.39 is 33.6 Å². The van der Waals surface area contributed by atoms with Crippen LogP contribution in [-0.2, 0) is 20.8 Å². The molecule has 0 saturated heterocycles. The molecule has 0 bridgehead atoms. The van der Waals surface area contributed by atoms with Gasteiger partial charge in [-0.15, -0.1) is 0 Å². The number of H-pyrrole nitrogens is 1. The normalized spacial score (nSPS) is 13.1. The quantitative estimate of drug-likeness (QED) is 0.259. The molecule has 4 N–H and O–H groups in total. The number of alkyl halides is 3. The van der Waals surface area contributed by atoms with E-state index >= 15 is 0 Å². The lowest BCUT2D eigenvalue weighted by atomic mass is 10.1. The minimum Gasteiger partial charge on any atom is -0.480 e. The number of aromatic amines is 1. The Morgan fingerprint density at radius 3 is 2.19 bits per heavy atom. The number of ether oxygens (including phenoxy) is 1. The fourth-order valence-corrected chi connectivity index (χ4v) is 5.43. The summed E-state index contributed by atoms with van der Waals surface area (Å²) in [6.07, 6.45) is -3.38. The molecule has 1 aromatic heterocycles. The predicted octanol–water partition coefficient (Wildman–Crippen LogP) is 6.20. The summed E-state index contributed by atoms with van der Waals surface area (Å²) in [5, 5.41) is 9.24. The van der Waals surface area contributed by atoms with Gasteiger partial charge in [-0.1, -0.05) is 23.2 Å². The molecule has 13 heteroatoms. The Hall–Kier alpha value is -3.25. The highest BCUT2D eigenvalue weighted by Gasteiger charge is 2.31. The second-order valence-corrected chi connectivity index (χ2v) is 10.4. The largest absolute Gasteiger partial charge is 0.480 e. The predicted molar refractivity (Wildman–Crippen MR) is 126 cm³/mol. The number of carboxylic acids is 1. The van der Waals surface area contributed by atoms with Gasteiger partial charge in [0.1, 0.15) is 11.8 Å². The molecule has 1 atom stereocenters. The SMILES string of the molecule is N[C@@H](C(=O)O)c1cc(Cl)c(Oc2ccc3[nH]cc(S(=O)(=O)c4ccc(C(F)(F)F)cc4)c3c2)c(Cl)c1. The third-order valence-corrected chi connectivity index (χ3v) is 7.63. The van der Waals surface area contributed by atoms with Crippen molar-refractivity contribution in [3.05, 3.63) is 82.0 Å². The van der Waals surface area contributed by atoms with E-state index in [0.29, 0.717) is 17.6 Å². The lowest BCUT2D eigenvalue weighted by Gasteiger charge is -2.14. The van der Waals surface area contributed by atoms with Crippen LogP contribution in [0.5, 0.6) is 11.5 Å². The number of sulfone groups is 1. The average Bonchev–Trinajstić information content (AvgIpc) is 3.24. The first-order chi connectivity index (χ1) is 16.8. The van der Waals surface area contributed by atoms with Gasteiger partial charge >= 0.3 is 12.1 Å². The zero-order valence-electron chi connectivity index (χ0n) is 17.8. The Bertz CT molecular complexity index is 1560. The first kappa shape index (κ1) is 25.8. The number of aliphatic carboxylic acids is 1. The molecular formula is C23H15Cl2F3N2O5S. The summed E-state index contributed by atoms with van der Waals surface area (Å²) in [5.74, 6) is -1.15. The summed E-state index contributed by atoms with van der Waals surface area (Å²) in [6, 6.07) is 8.83. The van der Waals surface area contributed by atoms with E-state index in [4.69, 9.17) is 38.8 Å². The van der Waals surface area contributed by atoms with E-state index in [2.05, 4.69) is 4.98 Å². The van der Waals surface area contributed by atoms with Gasteiger partial charge in [0.25, 0.3) is 0 Å². The monoisotopic (exact) mass is 558 g/mol. The number of hydrogen-bond donors (Lipinski definition) is 3. The molecule has 7 nitrogen and oxygen atoms in total. The molecule has 0 aliphatic carbocycles. The Kier molecular flexibility index (Phi) is 6.69. The number of fused-ring (bicyclic) bond motifs is 1. The van der Waals surface area contributed by atoms with E-state index in [1.807, 2.05) is 0 Å². The maximum atomic E-state index is 13.2. The summed E-state index contributed by atoms with van der Waals surface area (Å²) in [6.45, 7) is 0. The van der Waals surface area contributed by atoms with E-state index in [-0.39, 0.29) is 42.3 Å². The molecule has 0 unspecified atom stereocenters. The van der Waals surface area contributed by atoms with E-state index in [9.17, 15) is 26.4 Å². The number of carboxylic acid groups (broad SMARTS) is 1. The van der Waals surface area contributed by atoms with Gasteiger partial charge < -0.3 is 20.6 Å². The minimum atomic E-state index is -4.60. The standard InChI is InChI=1S/C23H15Cl2F3N2O5S/c24-16-7-11(20(29)22(31)32)8-17(25)21(16)35-13-3-6-18-15(9-13)19(10-30-18)36(33,34)14-4-1-12(2-5-14)23(26,27)28/h1-10,20,30H,29H2,(H,31,32)/t20-/m1/s1. The summed E-state index contributed by atoms with van der Waals surface area (Å²) in [7, 11) is -4.19. The van der Waals surface area contributed by atoms with Gasteiger partial charge in [0, 0.05) is 17.1 Å². The zero-order chi connectivity index (χ0) is 26.4. The fourth-order valence-electron chi connectivity index (χ4n) is 3.43. The number of halogens is 5. The Balaban J connectivity index is 1.70. The number of nitrogens with one attached hydrogen (secondary N) is 1. The highest BCUT2D eigenvalue weighted by molar-refractivity contribution is 7.91. The van der Waals surface area contributed by atoms with Gasteiger partial charge in [0.05, 0.1) is 25.4 Å². The lowest BCUT2D eigenvalue weighted by Crippen LogP contribution is -2.20. The maximum Gasteiger partial charge on any atom is 0.416 e. The average molecular weight is 559 g/mol. The van der Waals surface area contributed by atoms with Crippen molar-refractivity contribution in [2.24, 2.45) is 5.73 Å². The zero-order valence-corrected chi connectivity index (χ0v) is 20.1. The molecule has 3 aromatic carbocycles. The van der Waals surface area contributed by atoms with Crippen molar-refractivity contribution in [2.75, 3.05) is 0 Å². The number of rotatable bonds is 6. The fraction of sp³-hybridized carbons (Fsp3) is 0.0870. The van der Waals surface area contributed by atoms with Crippen molar-refractivity contribution in [2.45, 2.75) is 22.0 Å². The van der Waals surface area contributed by atoms with Crippen LogP contribution < -0.4 is 10.5 Å². The molecule has 0 spiro atoms. The number of benzene rings is 3. The summed E-state index contributed by atoms with van der Waals surface area (Å²) in [4.78, 5) is 13.4. The molecule has 188 valence electrons. The van der Waals surface area contributed by atoms with Crippen molar-refractivity contribution in [1.29, 1.82) is 0 Å². The highest BCUT2D eigenvalue weighted by Crippen LogP contribution is 2.40. The van der Waals surface area contributed by atoms with Crippen LogP contribution in [0.4, 0.5) is 13.2 Å². The van der Waals surface area contributed by atoms with Crippen LogP contribution >= 0.6 is 23.2 Å². The highest BCUT2D eigenvalue weighted by atomic mass is 35.5. The van der Waals surface area contributed by atoms with Gasteiger partial charge in [0.15, 0.2) is 5.75 Å². The van der Waals surface area contributed by atoms with Gasteiger partial charge in [-0.05, 0) is 60.2 Å². The number of aromatic nitrogens is 1. The van der Waals surface area contributed by atoms with Crippen LogP contribution in [0.25, 0.3) is 10.9 Å².